The smallest absolute Gasteiger partial charge is 0.251 e. The molecule has 0 aliphatic carbocycles. The minimum Gasteiger partial charge on any atom is -0.330 e. The Balaban J connectivity index is 2.37. The highest BCUT2D eigenvalue weighted by Gasteiger charge is 2.09. The molecule has 3 N–H and O–H groups in total. The molecule has 0 aliphatic heterocycles. The number of nitrogens with one attached hydrogen (secondary N) is 1. The Morgan fingerprint density at radius 1 is 1.47 bits per heavy atom. The van der Waals surface area contributed by atoms with Gasteiger partial charge >= 0.3 is 0 Å². The molecule has 4 nitrogen and oxygen atoms in total. The predicted molar refractivity (Wildman–Crippen MR) is 77.9 cm³/mol. The number of benzene rings is 1. The molecule has 0 amide bonds. The fourth-order valence-electron chi connectivity index (χ4n) is 1.73. The van der Waals surface area contributed by atoms with Crippen molar-refractivity contribution < 1.29 is 0 Å². The van der Waals surface area contributed by atoms with Gasteiger partial charge in [0.25, 0.3) is 5.56 Å². The summed E-state index contributed by atoms with van der Waals surface area (Å²) in [6, 6.07) is 7.12. The van der Waals surface area contributed by atoms with Crippen LogP contribution in [0, 0.1) is 6.92 Å². The number of nitrogens with zero attached hydrogens (tertiary/aromatic N) is 1. The molecule has 0 saturated carbocycles. The van der Waals surface area contributed by atoms with E-state index in [2.05, 4.69) is 9.97 Å². The van der Waals surface area contributed by atoms with E-state index in [1.54, 1.807) is 6.92 Å². The molecule has 0 radical (unpaired) electrons. The molecule has 19 heavy (non-hydrogen) atoms. The molecule has 0 aliphatic rings. The zero-order valence-corrected chi connectivity index (χ0v) is 12.0. The van der Waals surface area contributed by atoms with E-state index >= 15 is 0 Å². The van der Waals surface area contributed by atoms with Crippen molar-refractivity contribution in [3.05, 3.63) is 50.9 Å². The highest BCUT2D eigenvalue weighted by molar-refractivity contribution is 7.99. The first-order valence-electron chi connectivity index (χ1n) is 5.83. The second kappa shape index (κ2) is 6.23. The number of rotatable bonds is 4. The summed E-state index contributed by atoms with van der Waals surface area (Å²) in [5, 5.41) is 1.25. The topological polar surface area (TPSA) is 71.8 Å². The predicted octanol–water partition coefficient (Wildman–Crippen LogP) is 2.38. The van der Waals surface area contributed by atoms with E-state index in [0.29, 0.717) is 28.8 Å². The fourth-order valence-corrected chi connectivity index (χ4v) is 3.08. The molecular weight excluding hydrogens is 282 g/mol. The first-order valence-corrected chi connectivity index (χ1v) is 7.03. The molecule has 6 heteroatoms. The van der Waals surface area contributed by atoms with Gasteiger partial charge in [-0.25, -0.2) is 4.98 Å². The summed E-state index contributed by atoms with van der Waals surface area (Å²) in [5.41, 5.74) is 7.12. The van der Waals surface area contributed by atoms with E-state index in [-0.39, 0.29) is 5.56 Å². The van der Waals surface area contributed by atoms with E-state index in [9.17, 15) is 4.79 Å². The van der Waals surface area contributed by atoms with E-state index in [1.165, 1.54) is 17.8 Å². The van der Waals surface area contributed by atoms with Crippen molar-refractivity contribution in [1.82, 2.24) is 9.97 Å². The quantitative estimate of drug-likeness (QED) is 0.850. The molecular formula is C13H14ClN3OS. The Bertz CT molecular complexity index is 642. The first kappa shape index (κ1) is 14.1. The largest absolute Gasteiger partial charge is 0.330 e. The van der Waals surface area contributed by atoms with Gasteiger partial charge in [0.05, 0.1) is 0 Å². The van der Waals surface area contributed by atoms with Crippen LogP contribution in [0.5, 0.6) is 0 Å². The van der Waals surface area contributed by atoms with Crippen LogP contribution in [0.2, 0.25) is 5.02 Å². The number of nitrogens with two attached hydrogens (primary N) is 1. The molecule has 1 heterocycles. The molecule has 100 valence electrons. The summed E-state index contributed by atoms with van der Waals surface area (Å²) < 4.78 is 0. The van der Waals surface area contributed by atoms with Crippen molar-refractivity contribution in [2.45, 2.75) is 23.4 Å². The van der Waals surface area contributed by atoms with Crippen molar-refractivity contribution in [2.24, 2.45) is 5.73 Å². The minimum atomic E-state index is -0.155. The monoisotopic (exact) mass is 295 g/mol. The van der Waals surface area contributed by atoms with Gasteiger partial charge < -0.3 is 10.7 Å². The summed E-state index contributed by atoms with van der Waals surface area (Å²) >= 11 is 7.57. The highest BCUT2D eigenvalue weighted by atomic mass is 35.5. The zero-order valence-electron chi connectivity index (χ0n) is 10.4. The number of hydrogen-bond acceptors (Lipinski definition) is 4. The summed E-state index contributed by atoms with van der Waals surface area (Å²) in [6.45, 7) is 2.31. The molecule has 0 atom stereocenters. The van der Waals surface area contributed by atoms with Gasteiger partial charge in [-0.05, 0) is 37.6 Å². The molecule has 1 aromatic heterocycles. The third kappa shape index (κ3) is 3.59. The van der Waals surface area contributed by atoms with E-state index < -0.39 is 0 Å². The summed E-state index contributed by atoms with van der Waals surface area (Å²) in [7, 11) is 0. The lowest BCUT2D eigenvalue weighted by molar-refractivity contribution is 0.900. The molecule has 0 fully saturated rings. The maximum absolute atomic E-state index is 11.4. The van der Waals surface area contributed by atoms with Crippen molar-refractivity contribution >= 4 is 23.4 Å². The second-order valence-electron chi connectivity index (χ2n) is 4.05. The van der Waals surface area contributed by atoms with Gasteiger partial charge in [0.15, 0.2) is 5.16 Å². The molecule has 0 bridgehead atoms. The normalized spacial score (nSPS) is 10.7. The lowest BCUT2D eigenvalue weighted by atomic mass is 10.1. The third-order valence-corrected chi connectivity index (χ3v) is 3.87. The first-order chi connectivity index (χ1) is 9.10. The Morgan fingerprint density at radius 2 is 2.26 bits per heavy atom. The van der Waals surface area contributed by atoms with E-state index in [1.807, 2.05) is 18.2 Å². The Hall–Kier alpha value is -1.30. The molecule has 2 aromatic rings. The second-order valence-corrected chi connectivity index (χ2v) is 5.49. The number of halogens is 1. The van der Waals surface area contributed by atoms with Crippen LogP contribution in [0.3, 0.4) is 0 Å². The van der Waals surface area contributed by atoms with Crippen LogP contribution >= 0.6 is 23.4 Å². The van der Waals surface area contributed by atoms with Crippen LogP contribution in [-0.4, -0.2) is 16.5 Å². The minimum absolute atomic E-state index is 0.155. The van der Waals surface area contributed by atoms with E-state index in [0.717, 1.165) is 10.5 Å². The van der Waals surface area contributed by atoms with E-state index in [4.69, 9.17) is 17.3 Å². The van der Waals surface area contributed by atoms with Crippen LogP contribution in [-0.2, 0) is 6.42 Å². The number of H-pyrrole nitrogens is 1. The molecule has 1 aromatic carbocycles. The Kier molecular flexibility index (Phi) is 4.63. The van der Waals surface area contributed by atoms with Gasteiger partial charge in [-0.2, -0.15) is 0 Å². The standard InChI is InChI=1S/C13H14ClN3OS/c1-8-7-12(18)17-13(16-8)19-11-4-2-3-10(14)9(11)5-6-15/h2-4,7H,5-6,15H2,1H3,(H,16,17,18). The zero-order chi connectivity index (χ0) is 13.8. The Morgan fingerprint density at radius 3 is 2.95 bits per heavy atom. The van der Waals surface area contributed by atoms with Crippen LogP contribution in [0.1, 0.15) is 11.3 Å². The lowest BCUT2D eigenvalue weighted by Gasteiger charge is -2.09. The van der Waals surface area contributed by atoms with Gasteiger partial charge in [-0.15, -0.1) is 0 Å². The average Bonchev–Trinajstić information content (AvgIpc) is 2.32. The number of aromatic amines is 1. The van der Waals surface area contributed by atoms with Crippen LogP contribution in [0.25, 0.3) is 0 Å². The molecule has 2 rings (SSSR count). The van der Waals surface area contributed by atoms with Gasteiger partial charge in [-0.1, -0.05) is 29.4 Å². The number of hydrogen-bond donors (Lipinski definition) is 2. The van der Waals surface area contributed by atoms with Crippen molar-refractivity contribution in [3.8, 4) is 0 Å². The molecule has 0 unspecified atom stereocenters. The van der Waals surface area contributed by atoms with Crippen molar-refractivity contribution in [1.29, 1.82) is 0 Å². The average molecular weight is 296 g/mol. The third-order valence-electron chi connectivity index (χ3n) is 2.52. The molecule has 0 saturated heterocycles. The van der Waals surface area contributed by atoms with Gasteiger partial charge in [-0.3, -0.25) is 4.79 Å². The lowest BCUT2D eigenvalue weighted by Crippen LogP contribution is -2.08. The van der Waals surface area contributed by atoms with Gasteiger partial charge in [0.1, 0.15) is 0 Å². The Labute approximate surface area is 120 Å². The summed E-state index contributed by atoms with van der Waals surface area (Å²) in [5.74, 6) is 0. The number of aromatic nitrogens is 2. The van der Waals surface area contributed by atoms with Gasteiger partial charge in [0, 0.05) is 21.7 Å². The SMILES string of the molecule is Cc1cc(=O)[nH]c(Sc2cccc(Cl)c2CCN)n1. The van der Waals surface area contributed by atoms with Gasteiger partial charge in [0.2, 0.25) is 0 Å². The maximum atomic E-state index is 11.4. The molecule has 0 spiro atoms. The maximum Gasteiger partial charge on any atom is 0.251 e. The highest BCUT2D eigenvalue weighted by Crippen LogP contribution is 2.31. The fraction of sp³-hybridized carbons (Fsp3) is 0.231. The summed E-state index contributed by atoms with van der Waals surface area (Å²) in [6.07, 6.45) is 0.693. The number of aryl methyl sites for hydroxylation is 1. The van der Waals surface area contributed by atoms with Crippen LogP contribution < -0.4 is 11.3 Å². The van der Waals surface area contributed by atoms with Crippen molar-refractivity contribution in [2.75, 3.05) is 6.54 Å². The summed E-state index contributed by atoms with van der Waals surface area (Å²) in [4.78, 5) is 19.4. The van der Waals surface area contributed by atoms with Crippen LogP contribution in [0.15, 0.2) is 39.1 Å². The van der Waals surface area contributed by atoms with Crippen molar-refractivity contribution in [3.63, 3.8) is 0 Å². The van der Waals surface area contributed by atoms with Crippen LogP contribution in [0.4, 0.5) is 0 Å².